The van der Waals surface area contributed by atoms with Gasteiger partial charge in [-0.1, -0.05) is 45.5 Å². The first kappa shape index (κ1) is 10.8. The SMILES string of the molecule is C=C(N(C)c1ccccc1)C(C)(C)C. The summed E-state index contributed by atoms with van der Waals surface area (Å²) in [4.78, 5) is 2.14. The molecule has 1 nitrogen and oxygen atoms in total. The van der Waals surface area contributed by atoms with E-state index in [4.69, 9.17) is 0 Å². The average Bonchev–Trinajstić information content (AvgIpc) is 2.15. The van der Waals surface area contributed by atoms with E-state index in [2.05, 4.69) is 51.4 Å². The van der Waals surface area contributed by atoms with Crippen molar-refractivity contribution in [2.75, 3.05) is 11.9 Å². The van der Waals surface area contributed by atoms with Gasteiger partial charge in [-0.3, -0.25) is 0 Å². The first-order chi connectivity index (χ1) is 6.43. The van der Waals surface area contributed by atoms with Gasteiger partial charge in [-0.15, -0.1) is 0 Å². The lowest BCUT2D eigenvalue weighted by atomic mass is 9.92. The summed E-state index contributed by atoms with van der Waals surface area (Å²) in [7, 11) is 2.06. The zero-order valence-corrected chi connectivity index (χ0v) is 9.54. The van der Waals surface area contributed by atoms with Gasteiger partial charge in [-0.05, 0) is 12.1 Å². The molecule has 0 aliphatic carbocycles. The fraction of sp³-hybridized carbons (Fsp3) is 0.385. The molecule has 14 heavy (non-hydrogen) atoms. The fourth-order valence-electron chi connectivity index (χ4n) is 1.31. The monoisotopic (exact) mass is 189 g/mol. The number of allylic oxidation sites excluding steroid dienone is 1. The van der Waals surface area contributed by atoms with Crippen LogP contribution in [0.25, 0.3) is 0 Å². The van der Waals surface area contributed by atoms with E-state index in [9.17, 15) is 0 Å². The summed E-state index contributed by atoms with van der Waals surface area (Å²) in [6, 6.07) is 10.3. The lowest BCUT2D eigenvalue weighted by molar-refractivity contribution is 0.492. The standard InChI is InChI=1S/C13H19N/c1-11(13(2,3)4)14(5)12-9-7-6-8-10-12/h6-10H,1H2,2-5H3. The van der Waals surface area contributed by atoms with E-state index in [-0.39, 0.29) is 5.41 Å². The van der Waals surface area contributed by atoms with E-state index in [0.29, 0.717) is 0 Å². The van der Waals surface area contributed by atoms with Crippen LogP contribution in [-0.4, -0.2) is 7.05 Å². The molecule has 0 bridgehead atoms. The minimum Gasteiger partial charge on any atom is -0.348 e. The molecule has 0 heterocycles. The highest BCUT2D eigenvalue weighted by Crippen LogP contribution is 2.29. The van der Waals surface area contributed by atoms with E-state index in [1.807, 2.05) is 18.2 Å². The molecule has 0 N–H and O–H groups in total. The van der Waals surface area contributed by atoms with Crippen LogP contribution in [0.15, 0.2) is 42.6 Å². The molecule has 0 atom stereocenters. The molecule has 1 aromatic carbocycles. The van der Waals surface area contributed by atoms with Crippen molar-refractivity contribution in [3.05, 3.63) is 42.6 Å². The van der Waals surface area contributed by atoms with Gasteiger partial charge in [0.15, 0.2) is 0 Å². The van der Waals surface area contributed by atoms with Crippen molar-refractivity contribution < 1.29 is 0 Å². The molecule has 0 spiro atoms. The van der Waals surface area contributed by atoms with Crippen LogP contribution in [0.2, 0.25) is 0 Å². The fourth-order valence-corrected chi connectivity index (χ4v) is 1.31. The van der Waals surface area contributed by atoms with Crippen molar-refractivity contribution in [2.45, 2.75) is 20.8 Å². The molecular formula is C13H19N. The molecule has 0 saturated heterocycles. The molecule has 76 valence electrons. The Balaban J connectivity index is 2.87. The zero-order chi connectivity index (χ0) is 10.8. The van der Waals surface area contributed by atoms with Crippen LogP contribution >= 0.6 is 0 Å². The third kappa shape index (κ3) is 2.38. The van der Waals surface area contributed by atoms with Crippen LogP contribution < -0.4 is 4.90 Å². The summed E-state index contributed by atoms with van der Waals surface area (Å²) in [6.45, 7) is 10.7. The van der Waals surface area contributed by atoms with Crippen LogP contribution in [0, 0.1) is 5.41 Å². The molecular weight excluding hydrogens is 170 g/mol. The maximum absolute atomic E-state index is 4.13. The van der Waals surface area contributed by atoms with Crippen LogP contribution in [0.5, 0.6) is 0 Å². The molecule has 0 saturated carbocycles. The number of benzene rings is 1. The van der Waals surface area contributed by atoms with Crippen molar-refractivity contribution in [3.63, 3.8) is 0 Å². The molecule has 0 aliphatic rings. The molecule has 0 unspecified atom stereocenters. The van der Waals surface area contributed by atoms with E-state index < -0.39 is 0 Å². The molecule has 1 aromatic rings. The summed E-state index contributed by atoms with van der Waals surface area (Å²) < 4.78 is 0. The van der Waals surface area contributed by atoms with Gasteiger partial charge in [-0.2, -0.15) is 0 Å². The summed E-state index contributed by atoms with van der Waals surface area (Å²) in [5, 5.41) is 0. The number of anilines is 1. The predicted octanol–water partition coefficient (Wildman–Crippen LogP) is 3.68. The van der Waals surface area contributed by atoms with Crippen molar-refractivity contribution >= 4 is 5.69 Å². The summed E-state index contributed by atoms with van der Waals surface area (Å²) in [5.41, 5.74) is 2.43. The third-order valence-corrected chi connectivity index (χ3v) is 2.41. The largest absolute Gasteiger partial charge is 0.348 e. The second-order valence-corrected chi connectivity index (χ2v) is 4.59. The summed E-state index contributed by atoms with van der Waals surface area (Å²) in [6.07, 6.45) is 0. The van der Waals surface area contributed by atoms with Gasteiger partial charge < -0.3 is 4.90 Å². The predicted molar refractivity (Wildman–Crippen MR) is 63.4 cm³/mol. The van der Waals surface area contributed by atoms with E-state index >= 15 is 0 Å². The Morgan fingerprint density at radius 1 is 1.14 bits per heavy atom. The van der Waals surface area contributed by atoms with Gasteiger partial charge in [0.2, 0.25) is 0 Å². The van der Waals surface area contributed by atoms with Gasteiger partial charge in [0, 0.05) is 23.8 Å². The smallest absolute Gasteiger partial charge is 0.0405 e. The highest BCUT2D eigenvalue weighted by atomic mass is 15.1. The zero-order valence-electron chi connectivity index (χ0n) is 9.54. The second kappa shape index (κ2) is 3.87. The maximum Gasteiger partial charge on any atom is 0.0405 e. The van der Waals surface area contributed by atoms with Crippen LogP contribution in [0.4, 0.5) is 5.69 Å². The quantitative estimate of drug-likeness (QED) is 0.686. The molecule has 0 aromatic heterocycles. The molecule has 0 radical (unpaired) electrons. The molecule has 1 heteroatoms. The highest BCUT2D eigenvalue weighted by Gasteiger charge is 2.18. The first-order valence-corrected chi connectivity index (χ1v) is 4.91. The number of rotatable bonds is 2. The Morgan fingerprint density at radius 2 is 1.64 bits per heavy atom. The lowest BCUT2D eigenvalue weighted by Crippen LogP contribution is -2.25. The maximum atomic E-state index is 4.13. The summed E-state index contributed by atoms with van der Waals surface area (Å²) in [5.74, 6) is 0. The topological polar surface area (TPSA) is 3.24 Å². The molecule has 1 rings (SSSR count). The van der Waals surface area contributed by atoms with Gasteiger partial charge in [0.1, 0.15) is 0 Å². The minimum absolute atomic E-state index is 0.116. The van der Waals surface area contributed by atoms with Crippen LogP contribution in [-0.2, 0) is 0 Å². The average molecular weight is 189 g/mol. The van der Waals surface area contributed by atoms with Gasteiger partial charge >= 0.3 is 0 Å². The molecule has 0 fully saturated rings. The lowest BCUT2D eigenvalue weighted by Gasteiger charge is -2.31. The van der Waals surface area contributed by atoms with Crippen molar-refractivity contribution in [1.29, 1.82) is 0 Å². The van der Waals surface area contributed by atoms with Crippen molar-refractivity contribution in [2.24, 2.45) is 5.41 Å². The van der Waals surface area contributed by atoms with Crippen LogP contribution in [0.1, 0.15) is 20.8 Å². The second-order valence-electron chi connectivity index (χ2n) is 4.59. The van der Waals surface area contributed by atoms with Gasteiger partial charge in [-0.25, -0.2) is 0 Å². The summed E-state index contributed by atoms with van der Waals surface area (Å²) >= 11 is 0. The van der Waals surface area contributed by atoms with Gasteiger partial charge in [0.25, 0.3) is 0 Å². The van der Waals surface area contributed by atoms with Gasteiger partial charge in [0.05, 0.1) is 0 Å². The van der Waals surface area contributed by atoms with Crippen molar-refractivity contribution in [3.8, 4) is 0 Å². The number of hydrogen-bond donors (Lipinski definition) is 0. The van der Waals surface area contributed by atoms with Crippen molar-refractivity contribution in [1.82, 2.24) is 0 Å². The van der Waals surface area contributed by atoms with E-state index in [1.54, 1.807) is 0 Å². The Labute approximate surface area is 87.1 Å². The Hall–Kier alpha value is -1.24. The normalized spacial score (nSPS) is 11.1. The van der Waals surface area contributed by atoms with E-state index in [0.717, 1.165) is 5.70 Å². The Morgan fingerprint density at radius 3 is 2.07 bits per heavy atom. The van der Waals surface area contributed by atoms with Crippen LogP contribution in [0.3, 0.4) is 0 Å². The molecule has 0 aliphatic heterocycles. The third-order valence-electron chi connectivity index (χ3n) is 2.41. The number of hydrogen-bond acceptors (Lipinski definition) is 1. The first-order valence-electron chi connectivity index (χ1n) is 4.91. The highest BCUT2D eigenvalue weighted by molar-refractivity contribution is 5.51. The minimum atomic E-state index is 0.116. The number of para-hydroxylation sites is 1. The number of nitrogens with zero attached hydrogens (tertiary/aromatic N) is 1. The Bertz CT molecular complexity index is 306. The van der Waals surface area contributed by atoms with E-state index in [1.165, 1.54) is 5.69 Å². The molecule has 0 amide bonds. The Kier molecular flexibility index (Phi) is 3.00.